The summed E-state index contributed by atoms with van der Waals surface area (Å²) in [5, 5.41) is 4.84. The van der Waals surface area contributed by atoms with Crippen LogP contribution in [0.3, 0.4) is 0 Å². The molecule has 3 aromatic rings. The van der Waals surface area contributed by atoms with Crippen LogP contribution in [0.25, 0.3) is 10.9 Å². The monoisotopic (exact) mass is 324 g/mol. The van der Waals surface area contributed by atoms with E-state index in [1.54, 1.807) is 24.4 Å². The molecule has 0 radical (unpaired) electrons. The first-order valence-electron chi connectivity index (χ1n) is 5.41. The summed E-state index contributed by atoms with van der Waals surface area (Å²) in [7, 11) is 0. The van der Waals surface area contributed by atoms with E-state index in [2.05, 4.69) is 21.2 Å². The van der Waals surface area contributed by atoms with E-state index in [1.807, 2.05) is 0 Å². The molecule has 1 heterocycles. The third kappa shape index (κ3) is 2.19. The summed E-state index contributed by atoms with van der Waals surface area (Å²) >= 11 is 3.23. The summed E-state index contributed by atoms with van der Waals surface area (Å²) in [5.41, 5.74) is 0.854. The highest BCUT2D eigenvalue weighted by Crippen LogP contribution is 2.28. The van der Waals surface area contributed by atoms with Gasteiger partial charge in [-0.15, -0.1) is 0 Å². The first-order valence-corrected chi connectivity index (χ1v) is 6.12. The molecule has 1 aromatic heterocycles. The van der Waals surface area contributed by atoms with Crippen LogP contribution >= 0.6 is 16.1 Å². The lowest BCUT2D eigenvalue weighted by atomic mass is 10.2. The van der Waals surface area contributed by atoms with Crippen LogP contribution in [0, 0.1) is 11.6 Å². The van der Waals surface area contributed by atoms with Gasteiger partial charge in [0.15, 0.2) is 11.6 Å². The molecule has 0 atom stereocenters. The van der Waals surface area contributed by atoms with Gasteiger partial charge in [0.1, 0.15) is 5.75 Å². The van der Waals surface area contributed by atoms with Crippen molar-refractivity contribution in [2.24, 2.45) is 0 Å². The van der Waals surface area contributed by atoms with Crippen molar-refractivity contribution in [1.29, 1.82) is 0 Å². The number of aromatic nitrogens is 2. The predicted molar refractivity (Wildman–Crippen MR) is 70.5 cm³/mol. The van der Waals surface area contributed by atoms with Crippen LogP contribution in [-0.2, 0) is 0 Å². The first-order chi connectivity index (χ1) is 9.15. The smallest absolute Gasteiger partial charge is 0.201 e. The molecular weight excluding hydrogens is 318 g/mol. The van der Waals surface area contributed by atoms with Crippen LogP contribution in [0.5, 0.6) is 11.5 Å². The molecule has 0 saturated heterocycles. The molecule has 0 spiro atoms. The minimum atomic E-state index is -1.00. The maximum Gasteiger partial charge on any atom is 0.201 e. The van der Waals surface area contributed by atoms with E-state index in [1.165, 1.54) is 15.8 Å². The molecule has 6 heteroatoms. The van der Waals surface area contributed by atoms with Gasteiger partial charge >= 0.3 is 0 Å². The zero-order valence-corrected chi connectivity index (χ0v) is 11.1. The fraction of sp³-hybridized carbons (Fsp3) is 0. The van der Waals surface area contributed by atoms with Gasteiger partial charge in [0, 0.05) is 5.39 Å². The SMILES string of the molecule is Fc1cccc(Oc2ccc3c(cnn3Br)c2)c1F. The van der Waals surface area contributed by atoms with E-state index >= 15 is 0 Å². The Morgan fingerprint density at radius 1 is 1.16 bits per heavy atom. The highest BCUT2D eigenvalue weighted by Gasteiger charge is 2.10. The van der Waals surface area contributed by atoms with Gasteiger partial charge in [0.05, 0.1) is 27.9 Å². The Kier molecular flexibility index (Phi) is 2.94. The second kappa shape index (κ2) is 4.62. The van der Waals surface area contributed by atoms with E-state index in [0.717, 1.165) is 17.0 Å². The molecule has 19 heavy (non-hydrogen) atoms. The first kappa shape index (κ1) is 12.1. The van der Waals surface area contributed by atoms with Gasteiger partial charge in [-0.3, -0.25) is 0 Å². The molecule has 3 nitrogen and oxygen atoms in total. The molecule has 2 aromatic carbocycles. The molecule has 0 N–H and O–H groups in total. The van der Waals surface area contributed by atoms with Crippen LogP contribution < -0.4 is 4.74 Å². The van der Waals surface area contributed by atoms with Crippen molar-refractivity contribution in [3.8, 4) is 11.5 Å². The Balaban J connectivity index is 1.99. The quantitative estimate of drug-likeness (QED) is 0.704. The number of nitrogens with zero attached hydrogens (tertiary/aromatic N) is 2. The van der Waals surface area contributed by atoms with Gasteiger partial charge in [-0.25, -0.2) is 4.39 Å². The Morgan fingerprint density at radius 3 is 2.84 bits per heavy atom. The minimum absolute atomic E-state index is 0.148. The zero-order valence-electron chi connectivity index (χ0n) is 9.48. The molecule has 3 rings (SSSR count). The molecule has 0 fully saturated rings. The number of benzene rings is 2. The molecule has 96 valence electrons. The number of rotatable bonds is 2. The fourth-order valence-corrected chi connectivity index (χ4v) is 2.15. The van der Waals surface area contributed by atoms with Crippen molar-refractivity contribution >= 4 is 27.1 Å². The van der Waals surface area contributed by atoms with Crippen molar-refractivity contribution in [2.75, 3.05) is 0 Å². The maximum absolute atomic E-state index is 13.5. The average Bonchev–Trinajstić information content (AvgIpc) is 2.76. The van der Waals surface area contributed by atoms with Crippen LogP contribution in [0.4, 0.5) is 8.78 Å². The Morgan fingerprint density at radius 2 is 2.00 bits per heavy atom. The second-order valence-corrected chi connectivity index (χ2v) is 4.55. The van der Waals surface area contributed by atoms with Crippen LogP contribution in [0.1, 0.15) is 0 Å². The summed E-state index contributed by atoms with van der Waals surface area (Å²) < 4.78 is 33.4. The van der Waals surface area contributed by atoms with E-state index < -0.39 is 11.6 Å². The number of halogens is 3. The van der Waals surface area contributed by atoms with Crippen LogP contribution in [-0.4, -0.2) is 8.81 Å². The highest BCUT2D eigenvalue weighted by atomic mass is 79.9. The molecule has 0 aliphatic rings. The maximum atomic E-state index is 13.5. The van der Waals surface area contributed by atoms with E-state index in [9.17, 15) is 8.78 Å². The summed E-state index contributed by atoms with van der Waals surface area (Å²) in [4.78, 5) is 0. The fourth-order valence-electron chi connectivity index (χ4n) is 1.73. The van der Waals surface area contributed by atoms with Crippen LogP contribution in [0.2, 0.25) is 0 Å². The summed E-state index contributed by atoms with van der Waals surface area (Å²) in [6, 6.07) is 8.93. The third-order valence-corrected chi connectivity index (χ3v) is 3.21. The summed E-state index contributed by atoms with van der Waals surface area (Å²) in [6.07, 6.45) is 1.64. The number of ether oxygens (including phenoxy) is 1. The van der Waals surface area contributed by atoms with Crippen molar-refractivity contribution in [1.82, 2.24) is 8.81 Å². The predicted octanol–water partition coefficient (Wildman–Crippen LogP) is 4.26. The summed E-state index contributed by atoms with van der Waals surface area (Å²) in [6.45, 7) is 0. The minimum Gasteiger partial charge on any atom is -0.454 e. The van der Waals surface area contributed by atoms with E-state index in [0.29, 0.717) is 5.75 Å². The van der Waals surface area contributed by atoms with Gasteiger partial charge in [0.25, 0.3) is 0 Å². The highest BCUT2D eigenvalue weighted by molar-refractivity contribution is 9.08. The van der Waals surface area contributed by atoms with Crippen molar-refractivity contribution in [3.63, 3.8) is 0 Å². The molecular formula is C13H7BrF2N2O. The van der Waals surface area contributed by atoms with Gasteiger partial charge < -0.3 is 4.74 Å². The molecule has 0 aliphatic carbocycles. The lowest BCUT2D eigenvalue weighted by Crippen LogP contribution is -1.91. The van der Waals surface area contributed by atoms with Crippen molar-refractivity contribution in [2.45, 2.75) is 0 Å². The Labute approximate surface area is 115 Å². The number of hydrogen-bond acceptors (Lipinski definition) is 2. The van der Waals surface area contributed by atoms with Crippen molar-refractivity contribution in [3.05, 3.63) is 54.2 Å². The van der Waals surface area contributed by atoms with Crippen LogP contribution in [0.15, 0.2) is 42.6 Å². The lowest BCUT2D eigenvalue weighted by molar-refractivity contribution is 0.416. The third-order valence-electron chi connectivity index (χ3n) is 2.64. The lowest BCUT2D eigenvalue weighted by Gasteiger charge is -2.07. The zero-order chi connectivity index (χ0) is 13.4. The van der Waals surface area contributed by atoms with Gasteiger partial charge in [0.2, 0.25) is 5.82 Å². The molecule has 0 saturated carbocycles. The molecule has 0 aliphatic heterocycles. The summed E-state index contributed by atoms with van der Waals surface area (Å²) in [5.74, 6) is -1.67. The van der Waals surface area contributed by atoms with E-state index in [4.69, 9.17) is 4.74 Å². The van der Waals surface area contributed by atoms with Gasteiger partial charge in [-0.2, -0.15) is 13.2 Å². The van der Waals surface area contributed by atoms with Gasteiger partial charge in [-0.1, -0.05) is 6.07 Å². The average molecular weight is 325 g/mol. The molecule has 0 unspecified atom stereocenters. The van der Waals surface area contributed by atoms with Gasteiger partial charge in [-0.05, 0) is 30.3 Å². The molecule has 0 bridgehead atoms. The molecule has 0 amide bonds. The number of hydrogen-bond donors (Lipinski definition) is 0. The topological polar surface area (TPSA) is 27.1 Å². The van der Waals surface area contributed by atoms with Crippen molar-refractivity contribution < 1.29 is 13.5 Å². The standard InChI is InChI=1S/C13H7BrF2N2O/c14-18-11-5-4-9(6-8(11)7-17-18)19-12-3-1-2-10(15)13(12)16/h1-7H. The second-order valence-electron chi connectivity index (χ2n) is 3.88. The number of fused-ring (bicyclic) bond motifs is 1. The Hall–Kier alpha value is -1.95. The normalized spacial score (nSPS) is 10.9. The Bertz CT molecular complexity index is 757. The van der Waals surface area contributed by atoms with E-state index in [-0.39, 0.29) is 5.75 Å². The largest absolute Gasteiger partial charge is 0.454 e.